The Kier molecular flexibility index (Phi) is 6.46. The zero-order chi connectivity index (χ0) is 19.3. The number of aryl methyl sites for hydroxylation is 1. The highest BCUT2D eigenvalue weighted by molar-refractivity contribution is 6.34. The molecule has 1 amide bonds. The van der Waals surface area contributed by atoms with Crippen LogP contribution >= 0.6 is 11.6 Å². The number of carbonyl (C=O) groups excluding carboxylic acids is 1. The van der Waals surface area contributed by atoms with Gasteiger partial charge in [0.1, 0.15) is 0 Å². The van der Waals surface area contributed by atoms with Crippen molar-refractivity contribution in [3.63, 3.8) is 0 Å². The van der Waals surface area contributed by atoms with E-state index in [0.717, 1.165) is 5.56 Å². The van der Waals surface area contributed by atoms with Crippen molar-refractivity contribution in [2.45, 2.75) is 19.4 Å². The third-order valence-electron chi connectivity index (χ3n) is 3.93. The highest BCUT2D eigenvalue weighted by Gasteiger charge is 2.22. The zero-order valence-corrected chi connectivity index (χ0v) is 15.5. The molecule has 0 bridgehead atoms. The summed E-state index contributed by atoms with van der Waals surface area (Å²) in [5.41, 5.74) is 1.64. The van der Waals surface area contributed by atoms with Crippen LogP contribution < -0.4 is 14.8 Å². The Balaban J connectivity index is 2.34. The van der Waals surface area contributed by atoms with Gasteiger partial charge in [-0.1, -0.05) is 29.8 Å². The van der Waals surface area contributed by atoms with E-state index in [1.165, 1.54) is 14.2 Å². The largest absolute Gasteiger partial charge is 0.493 e. The monoisotopic (exact) mass is 377 g/mol. The maximum absolute atomic E-state index is 12.6. The van der Waals surface area contributed by atoms with Gasteiger partial charge in [-0.05, 0) is 36.2 Å². The van der Waals surface area contributed by atoms with Crippen molar-refractivity contribution in [1.29, 1.82) is 0 Å². The lowest BCUT2D eigenvalue weighted by molar-refractivity contribution is -0.137. The van der Waals surface area contributed by atoms with E-state index < -0.39 is 17.9 Å². The standard InChI is InChI=1S/C19H20ClNO5/c1-11-5-4-6-13(18(11)20)19(24)21-14(10-17(22)23)12-7-8-15(25-2)16(9-12)26-3/h4-9,14H,10H2,1-3H3,(H,21,24)(H,22,23). The van der Waals surface area contributed by atoms with E-state index in [-0.39, 0.29) is 6.42 Å². The van der Waals surface area contributed by atoms with Crippen LogP contribution in [0.25, 0.3) is 0 Å². The molecule has 0 aliphatic heterocycles. The molecule has 2 N–H and O–H groups in total. The maximum atomic E-state index is 12.6. The van der Waals surface area contributed by atoms with Gasteiger partial charge in [-0.25, -0.2) is 0 Å². The first kappa shape index (κ1) is 19.6. The third kappa shape index (κ3) is 4.46. The summed E-state index contributed by atoms with van der Waals surface area (Å²) in [4.78, 5) is 23.9. The quantitative estimate of drug-likeness (QED) is 0.769. The third-order valence-corrected chi connectivity index (χ3v) is 4.43. The number of carboxylic acids is 1. The van der Waals surface area contributed by atoms with Crippen LogP contribution in [-0.4, -0.2) is 31.2 Å². The second-order valence-electron chi connectivity index (χ2n) is 5.67. The Morgan fingerprint density at radius 3 is 2.46 bits per heavy atom. The van der Waals surface area contributed by atoms with E-state index in [0.29, 0.717) is 27.6 Å². The smallest absolute Gasteiger partial charge is 0.305 e. The average Bonchev–Trinajstić information content (AvgIpc) is 2.62. The predicted octanol–water partition coefficient (Wildman–Crippen LogP) is 3.61. The van der Waals surface area contributed by atoms with Crippen LogP contribution in [0.1, 0.15) is 33.9 Å². The fourth-order valence-corrected chi connectivity index (χ4v) is 2.77. The molecule has 1 atom stereocenters. The molecule has 0 radical (unpaired) electrons. The molecule has 2 aromatic rings. The van der Waals surface area contributed by atoms with E-state index in [1.807, 2.05) is 0 Å². The first-order valence-electron chi connectivity index (χ1n) is 7.87. The van der Waals surface area contributed by atoms with Crippen LogP contribution in [0.4, 0.5) is 0 Å². The van der Waals surface area contributed by atoms with E-state index in [1.54, 1.807) is 43.3 Å². The van der Waals surface area contributed by atoms with E-state index in [4.69, 9.17) is 21.1 Å². The van der Waals surface area contributed by atoms with Gasteiger partial charge in [0.15, 0.2) is 11.5 Å². The molecule has 0 aromatic heterocycles. The maximum Gasteiger partial charge on any atom is 0.305 e. The summed E-state index contributed by atoms with van der Waals surface area (Å²) < 4.78 is 10.4. The lowest BCUT2D eigenvalue weighted by Gasteiger charge is -2.19. The molecular formula is C19H20ClNO5. The van der Waals surface area contributed by atoms with Crippen molar-refractivity contribution in [3.05, 3.63) is 58.1 Å². The average molecular weight is 378 g/mol. The van der Waals surface area contributed by atoms with Gasteiger partial charge in [0.2, 0.25) is 0 Å². The van der Waals surface area contributed by atoms with Crippen molar-refractivity contribution < 1.29 is 24.2 Å². The molecule has 138 valence electrons. The molecule has 0 heterocycles. The summed E-state index contributed by atoms with van der Waals surface area (Å²) in [7, 11) is 2.99. The fraction of sp³-hybridized carbons (Fsp3) is 0.263. The summed E-state index contributed by atoms with van der Waals surface area (Å²) in [5, 5.41) is 12.3. The van der Waals surface area contributed by atoms with Gasteiger partial charge < -0.3 is 19.9 Å². The van der Waals surface area contributed by atoms with Gasteiger partial charge in [0.25, 0.3) is 5.91 Å². The van der Waals surface area contributed by atoms with Gasteiger partial charge in [-0.2, -0.15) is 0 Å². The molecule has 2 aromatic carbocycles. The van der Waals surface area contributed by atoms with E-state index in [2.05, 4.69) is 5.32 Å². The summed E-state index contributed by atoms with van der Waals surface area (Å²) in [6.07, 6.45) is -0.287. The molecule has 0 saturated carbocycles. The van der Waals surface area contributed by atoms with Gasteiger partial charge >= 0.3 is 5.97 Å². The number of methoxy groups -OCH3 is 2. The zero-order valence-electron chi connectivity index (χ0n) is 14.7. The Bertz CT molecular complexity index is 822. The molecule has 0 saturated heterocycles. The van der Waals surface area contributed by atoms with Crippen LogP contribution in [-0.2, 0) is 4.79 Å². The number of hydrogen-bond donors (Lipinski definition) is 2. The van der Waals surface area contributed by atoms with Crippen LogP contribution in [0.3, 0.4) is 0 Å². The molecule has 0 spiro atoms. The highest BCUT2D eigenvalue weighted by atomic mass is 35.5. The van der Waals surface area contributed by atoms with Crippen molar-refractivity contribution in [3.8, 4) is 11.5 Å². The molecule has 26 heavy (non-hydrogen) atoms. The molecule has 0 fully saturated rings. The summed E-state index contributed by atoms with van der Waals surface area (Å²) in [6.45, 7) is 1.79. The number of rotatable bonds is 7. The summed E-state index contributed by atoms with van der Waals surface area (Å²) in [5.74, 6) is -0.526. The van der Waals surface area contributed by atoms with Gasteiger partial charge in [0, 0.05) is 0 Å². The minimum Gasteiger partial charge on any atom is -0.493 e. The van der Waals surface area contributed by atoms with Crippen molar-refractivity contribution in [2.24, 2.45) is 0 Å². The van der Waals surface area contributed by atoms with E-state index in [9.17, 15) is 14.7 Å². The van der Waals surface area contributed by atoms with Crippen molar-refractivity contribution >= 4 is 23.5 Å². The number of benzene rings is 2. The topological polar surface area (TPSA) is 84.9 Å². The number of nitrogens with one attached hydrogen (secondary N) is 1. The summed E-state index contributed by atoms with van der Waals surface area (Å²) >= 11 is 6.20. The van der Waals surface area contributed by atoms with E-state index >= 15 is 0 Å². The number of amides is 1. The molecule has 7 heteroatoms. The number of halogens is 1. The molecule has 6 nitrogen and oxygen atoms in total. The Morgan fingerprint density at radius 1 is 1.15 bits per heavy atom. The first-order chi connectivity index (χ1) is 12.4. The van der Waals surface area contributed by atoms with Gasteiger partial charge in [-0.15, -0.1) is 0 Å². The van der Waals surface area contributed by atoms with Crippen LogP contribution in [0.5, 0.6) is 11.5 Å². The summed E-state index contributed by atoms with van der Waals surface area (Å²) in [6, 6.07) is 9.35. The van der Waals surface area contributed by atoms with Gasteiger partial charge in [-0.3, -0.25) is 9.59 Å². The Hall–Kier alpha value is -2.73. The lowest BCUT2D eigenvalue weighted by atomic mass is 10.0. The molecular weight excluding hydrogens is 358 g/mol. The second kappa shape index (κ2) is 8.58. The van der Waals surface area contributed by atoms with Gasteiger partial charge in [0.05, 0.1) is 37.3 Å². The Morgan fingerprint density at radius 2 is 1.85 bits per heavy atom. The molecule has 2 rings (SSSR count). The predicted molar refractivity (Wildman–Crippen MR) is 98.2 cm³/mol. The second-order valence-corrected chi connectivity index (χ2v) is 6.05. The van der Waals surface area contributed by atoms with Crippen LogP contribution in [0.15, 0.2) is 36.4 Å². The number of carbonyl (C=O) groups is 2. The number of carboxylic acid groups (broad SMARTS) is 1. The van der Waals surface area contributed by atoms with Crippen molar-refractivity contribution in [1.82, 2.24) is 5.32 Å². The van der Waals surface area contributed by atoms with Crippen LogP contribution in [0.2, 0.25) is 5.02 Å². The fourth-order valence-electron chi connectivity index (χ4n) is 2.56. The first-order valence-corrected chi connectivity index (χ1v) is 8.24. The SMILES string of the molecule is COc1ccc(C(CC(=O)O)NC(=O)c2cccc(C)c2Cl)cc1OC. The molecule has 0 aliphatic rings. The number of aliphatic carboxylic acids is 1. The molecule has 0 aliphatic carbocycles. The Labute approximate surface area is 156 Å². The lowest BCUT2D eigenvalue weighted by Crippen LogP contribution is -2.30. The molecule has 1 unspecified atom stereocenters. The highest BCUT2D eigenvalue weighted by Crippen LogP contribution is 2.31. The number of hydrogen-bond acceptors (Lipinski definition) is 4. The van der Waals surface area contributed by atoms with Crippen LogP contribution in [0, 0.1) is 6.92 Å². The minimum atomic E-state index is -1.04. The normalized spacial score (nSPS) is 11.5. The number of ether oxygens (including phenoxy) is 2. The minimum absolute atomic E-state index is 0.287. The van der Waals surface area contributed by atoms with Crippen molar-refractivity contribution in [2.75, 3.05) is 14.2 Å².